The van der Waals surface area contributed by atoms with Gasteiger partial charge in [-0.15, -0.1) is 11.3 Å². The first-order valence-corrected chi connectivity index (χ1v) is 11.3. The van der Waals surface area contributed by atoms with Crippen molar-refractivity contribution in [3.05, 3.63) is 53.7 Å². The third kappa shape index (κ3) is 4.37. The van der Waals surface area contributed by atoms with Gasteiger partial charge in [-0.1, -0.05) is 18.2 Å². The average Bonchev–Trinajstić information content (AvgIpc) is 3.37. The van der Waals surface area contributed by atoms with Crippen molar-refractivity contribution in [1.82, 2.24) is 15.2 Å². The summed E-state index contributed by atoms with van der Waals surface area (Å²) in [6, 6.07) is 12.1. The number of carbonyl (C=O) groups excluding carboxylic acids is 1. The van der Waals surface area contributed by atoms with E-state index in [1.54, 1.807) is 30.3 Å². The molecule has 3 N–H and O–H groups in total. The number of hydrogen-bond acceptors (Lipinski definition) is 5. The van der Waals surface area contributed by atoms with Crippen molar-refractivity contribution in [2.24, 2.45) is 0 Å². The number of amides is 2. The number of anilines is 1. The Kier molecular flexibility index (Phi) is 5.87. The normalized spacial score (nSPS) is 15.1. The molecule has 0 aliphatic heterocycles. The number of hydrogen-bond donors (Lipinski definition) is 2. The molecule has 0 fully saturated rings. The van der Waals surface area contributed by atoms with E-state index in [9.17, 15) is 4.79 Å². The van der Waals surface area contributed by atoms with E-state index in [-0.39, 0.29) is 18.2 Å². The van der Waals surface area contributed by atoms with Gasteiger partial charge in [-0.25, -0.2) is 9.78 Å². The van der Waals surface area contributed by atoms with Crippen LogP contribution in [0.3, 0.4) is 0 Å². The number of fused-ring (bicyclic) bond motifs is 1. The van der Waals surface area contributed by atoms with Crippen molar-refractivity contribution >= 4 is 23.1 Å². The van der Waals surface area contributed by atoms with Gasteiger partial charge in [-0.05, 0) is 61.6 Å². The second-order valence-corrected chi connectivity index (χ2v) is 9.29. The molecule has 7 heteroatoms. The number of rotatable bonds is 5. The van der Waals surface area contributed by atoms with Crippen LogP contribution in [-0.2, 0) is 6.42 Å². The zero-order chi connectivity index (χ0) is 22.1. The van der Waals surface area contributed by atoms with Crippen molar-refractivity contribution in [3.8, 4) is 26.8 Å². The molecule has 0 saturated carbocycles. The molecule has 162 valence electrons. The number of ether oxygens (including phenoxy) is 1. The first-order chi connectivity index (χ1) is 14.8. The first kappa shape index (κ1) is 21.2. The van der Waals surface area contributed by atoms with Crippen LogP contribution in [0.4, 0.5) is 10.5 Å². The fourth-order valence-corrected chi connectivity index (χ4v) is 4.85. The summed E-state index contributed by atoms with van der Waals surface area (Å²) in [4.78, 5) is 19.5. The molecule has 0 spiro atoms. The van der Waals surface area contributed by atoms with Crippen LogP contribution in [-0.4, -0.2) is 36.1 Å². The summed E-state index contributed by atoms with van der Waals surface area (Å²) in [5.41, 5.74) is 11.5. The molecule has 2 aromatic carbocycles. The predicted molar refractivity (Wildman–Crippen MR) is 126 cm³/mol. The molecule has 1 aliphatic rings. The van der Waals surface area contributed by atoms with Crippen LogP contribution >= 0.6 is 11.3 Å². The summed E-state index contributed by atoms with van der Waals surface area (Å²) in [6.45, 7) is 3.96. The highest BCUT2D eigenvalue weighted by Gasteiger charge is 2.27. The summed E-state index contributed by atoms with van der Waals surface area (Å²) in [7, 11) is 3.52. The van der Waals surface area contributed by atoms with Crippen LogP contribution in [0.2, 0.25) is 0 Å². The predicted octanol–water partition coefficient (Wildman–Crippen LogP) is 5.11. The molecule has 1 aliphatic carbocycles. The van der Waals surface area contributed by atoms with E-state index in [2.05, 4.69) is 28.5 Å². The number of nitrogens with one attached hydrogen (secondary N) is 1. The maximum Gasteiger partial charge on any atom is 0.317 e. The highest BCUT2D eigenvalue weighted by molar-refractivity contribution is 7.18. The molecule has 31 heavy (non-hydrogen) atoms. The summed E-state index contributed by atoms with van der Waals surface area (Å²) >= 11 is 1.65. The maximum atomic E-state index is 12.1. The number of nitrogen functional groups attached to an aromatic ring is 1. The van der Waals surface area contributed by atoms with Gasteiger partial charge in [-0.2, -0.15) is 0 Å². The number of benzene rings is 2. The Morgan fingerprint density at radius 3 is 2.81 bits per heavy atom. The number of carbonyl (C=O) groups is 1. The van der Waals surface area contributed by atoms with E-state index in [1.807, 2.05) is 38.2 Å². The monoisotopic (exact) mass is 436 g/mol. The van der Waals surface area contributed by atoms with Crippen molar-refractivity contribution < 1.29 is 9.53 Å². The lowest BCUT2D eigenvalue weighted by Crippen LogP contribution is -2.36. The molecule has 1 atom stereocenters. The Hall–Kier alpha value is -3.06. The SMILES string of the molecule is CC(C)Oc1ccc(-c2ncc(-c3cccc4c3CC[C@@H]4NC(=O)N(C)C)s2)cc1N. The summed E-state index contributed by atoms with van der Waals surface area (Å²) < 4.78 is 5.74. The van der Waals surface area contributed by atoms with E-state index in [0.717, 1.165) is 28.3 Å². The molecule has 0 saturated heterocycles. The second kappa shape index (κ2) is 8.59. The molecule has 2 amide bonds. The summed E-state index contributed by atoms with van der Waals surface area (Å²) in [5.74, 6) is 0.697. The Morgan fingerprint density at radius 1 is 1.29 bits per heavy atom. The highest BCUT2D eigenvalue weighted by atomic mass is 32.1. The van der Waals surface area contributed by atoms with Gasteiger partial charge in [0.25, 0.3) is 0 Å². The Balaban J connectivity index is 1.60. The fourth-order valence-electron chi connectivity index (χ4n) is 3.89. The fraction of sp³-hybridized carbons (Fsp3) is 0.333. The van der Waals surface area contributed by atoms with Crippen LogP contribution in [0.1, 0.15) is 37.4 Å². The minimum Gasteiger partial charge on any atom is -0.489 e. The van der Waals surface area contributed by atoms with Crippen LogP contribution in [0.25, 0.3) is 21.0 Å². The van der Waals surface area contributed by atoms with Crippen molar-refractivity contribution in [2.75, 3.05) is 19.8 Å². The Morgan fingerprint density at radius 2 is 2.10 bits per heavy atom. The van der Waals surface area contributed by atoms with Crippen LogP contribution in [0, 0.1) is 0 Å². The molecular formula is C24H28N4O2S. The Bertz CT molecular complexity index is 1110. The van der Waals surface area contributed by atoms with Gasteiger partial charge in [0.05, 0.1) is 22.7 Å². The molecular weight excluding hydrogens is 408 g/mol. The summed E-state index contributed by atoms with van der Waals surface area (Å²) in [5, 5.41) is 4.04. The molecule has 3 aromatic rings. The van der Waals surface area contributed by atoms with Gasteiger partial charge in [0.2, 0.25) is 0 Å². The van der Waals surface area contributed by atoms with Crippen LogP contribution in [0.15, 0.2) is 42.6 Å². The lowest BCUT2D eigenvalue weighted by Gasteiger charge is -2.18. The molecule has 1 heterocycles. The average molecular weight is 437 g/mol. The number of nitrogens with zero attached hydrogens (tertiary/aromatic N) is 2. The molecule has 0 unspecified atom stereocenters. The molecule has 4 rings (SSSR count). The van der Waals surface area contributed by atoms with Gasteiger partial charge in [0.1, 0.15) is 10.8 Å². The van der Waals surface area contributed by atoms with Gasteiger partial charge in [0, 0.05) is 25.9 Å². The minimum absolute atomic E-state index is 0.0468. The minimum atomic E-state index is -0.0641. The van der Waals surface area contributed by atoms with E-state index < -0.39 is 0 Å². The van der Waals surface area contributed by atoms with Crippen molar-refractivity contribution in [2.45, 2.75) is 38.8 Å². The van der Waals surface area contributed by atoms with E-state index >= 15 is 0 Å². The third-order valence-electron chi connectivity index (χ3n) is 5.37. The van der Waals surface area contributed by atoms with Crippen molar-refractivity contribution in [3.63, 3.8) is 0 Å². The maximum absolute atomic E-state index is 12.1. The molecule has 0 bridgehead atoms. The summed E-state index contributed by atoms with van der Waals surface area (Å²) in [6.07, 6.45) is 3.85. The molecule has 6 nitrogen and oxygen atoms in total. The number of urea groups is 1. The number of nitrogens with two attached hydrogens (primary N) is 1. The molecule has 0 radical (unpaired) electrons. The van der Waals surface area contributed by atoms with Gasteiger partial charge in [0.15, 0.2) is 0 Å². The van der Waals surface area contributed by atoms with Gasteiger partial charge >= 0.3 is 6.03 Å². The quantitative estimate of drug-likeness (QED) is 0.545. The largest absolute Gasteiger partial charge is 0.489 e. The number of thiazole rings is 1. The Labute approximate surface area is 187 Å². The topological polar surface area (TPSA) is 80.5 Å². The number of aromatic nitrogens is 1. The first-order valence-electron chi connectivity index (χ1n) is 10.5. The zero-order valence-corrected chi connectivity index (χ0v) is 19.1. The molecule has 1 aromatic heterocycles. The van der Waals surface area contributed by atoms with E-state index in [0.29, 0.717) is 11.4 Å². The smallest absolute Gasteiger partial charge is 0.317 e. The van der Waals surface area contributed by atoms with Crippen LogP contribution in [0.5, 0.6) is 5.75 Å². The van der Waals surface area contributed by atoms with Crippen molar-refractivity contribution in [1.29, 1.82) is 0 Å². The zero-order valence-electron chi connectivity index (χ0n) is 18.3. The highest BCUT2D eigenvalue weighted by Crippen LogP contribution is 2.41. The van der Waals surface area contributed by atoms with E-state index in [1.165, 1.54) is 16.7 Å². The lowest BCUT2D eigenvalue weighted by molar-refractivity contribution is 0.213. The lowest BCUT2D eigenvalue weighted by atomic mass is 10.0. The van der Waals surface area contributed by atoms with E-state index in [4.69, 9.17) is 10.5 Å². The third-order valence-corrected chi connectivity index (χ3v) is 6.44. The van der Waals surface area contributed by atoms with Crippen LogP contribution < -0.4 is 15.8 Å². The van der Waals surface area contributed by atoms with Gasteiger partial charge in [-0.3, -0.25) is 0 Å². The van der Waals surface area contributed by atoms with Gasteiger partial charge < -0.3 is 20.7 Å². The second-order valence-electron chi connectivity index (χ2n) is 8.26. The standard InChI is InChI=1S/C24H28N4O2S/c1-14(2)30-21-11-8-15(12-19(21)25)23-26-13-22(31-23)18-7-5-6-17-16(18)9-10-20(17)27-24(29)28(3)4/h5-8,11-14,20H,9-10,25H2,1-4H3,(H,27,29)/t20-/m0/s1.